The van der Waals surface area contributed by atoms with Gasteiger partial charge in [0, 0.05) is 29.9 Å². The number of nitrogens with zero attached hydrogens (tertiary/aromatic N) is 2. The first-order valence-corrected chi connectivity index (χ1v) is 10.9. The molecule has 2 rings (SSSR count). The molecule has 0 spiro atoms. The Kier molecular flexibility index (Phi) is 7.84. The van der Waals surface area contributed by atoms with Crippen LogP contribution >= 0.6 is 11.3 Å². The lowest BCUT2D eigenvalue weighted by Gasteiger charge is -2.24. The van der Waals surface area contributed by atoms with Gasteiger partial charge in [0.2, 0.25) is 10.0 Å². The van der Waals surface area contributed by atoms with Gasteiger partial charge in [0.25, 0.3) is 0 Å². The van der Waals surface area contributed by atoms with Gasteiger partial charge < -0.3 is 4.90 Å². The number of thiophene rings is 1. The summed E-state index contributed by atoms with van der Waals surface area (Å²) in [7, 11) is -3.48. The molecule has 6 heteroatoms. The quantitative estimate of drug-likeness (QED) is 0.630. The lowest BCUT2D eigenvalue weighted by molar-refractivity contribution is 0.270. The van der Waals surface area contributed by atoms with Gasteiger partial charge >= 0.3 is 0 Å². The minimum absolute atomic E-state index is 0.417. The summed E-state index contributed by atoms with van der Waals surface area (Å²) in [6.07, 6.45) is 1.66. The Morgan fingerprint density at radius 1 is 1.00 bits per heavy atom. The van der Waals surface area contributed by atoms with E-state index in [9.17, 15) is 8.42 Å². The van der Waals surface area contributed by atoms with Crippen LogP contribution in [0.5, 0.6) is 0 Å². The molecule has 0 bridgehead atoms. The molecular formula is C19H26N2O2S2. The van der Waals surface area contributed by atoms with E-state index in [2.05, 4.69) is 18.7 Å². The molecular weight excluding hydrogens is 352 g/mol. The van der Waals surface area contributed by atoms with Crippen LogP contribution in [0.25, 0.3) is 6.08 Å². The number of benzene rings is 1. The van der Waals surface area contributed by atoms with Crippen molar-refractivity contribution in [3.05, 3.63) is 63.7 Å². The number of rotatable bonds is 10. The highest BCUT2D eigenvalue weighted by Gasteiger charge is 2.20. The van der Waals surface area contributed by atoms with Gasteiger partial charge in [-0.15, -0.1) is 11.3 Å². The average Bonchev–Trinajstić information content (AvgIpc) is 3.14. The first-order valence-electron chi connectivity index (χ1n) is 8.53. The summed E-state index contributed by atoms with van der Waals surface area (Å²) in [4.78, 5) is 3.29. The molecule has 1 aromatic carbocycles. The third-order valence-corrected chi connectivity index (χ3v) is 6.44. The monoisotopic (exact) mass is 378 g/mol. The van der Waals surface area contributed by atoms with E-state index in [4.69, 9.17) is 0 Å². The molecule has 2 aromatic rings. The van der Waals surface area contributed by atoms with Gasteiger partial charge in [0.15, 0.2) is 0 Å². The van der Waals surface area contributed by atoms with E-state index < -0.39 is 10.0 Å². The molecule has 0 radical (unpaired) electrons. The Bertz CT molecular complexity index is 737. The second kappa shape index (κ2) is 9.87. The second-order valence-corrected chi connectivity index (χ2v) is 8.55. The Labute approximate surface area is 155 Å². The first kappa shape index (κ1) is 19.8. The number of hydrogen-bond acceptors (Lipinski definition) is 4. The predicted octanol–water partition coefficient (Wildman–Crippen LogP) is 3.89. The van der Waals surface area contributed by atoms with Crippen molar-refractivity contribution in [2.24, 2.45) is 0 Å². The molecule has 1 heterocycles. The Morgan fingerprint density at radius 2 is 1.72 bits per heavy atom. The van der Waals surface area contributed by atoms with Crippen LogP contribution in [0.4, 0.5) is 0 Å². The zero-order valence-corrected chi connectivity index (χ0v) is 16.5. The van der Waals surface area contributed by atoms with Crippen molar-refractivity contribution in [1.82, 2.24) is 9.21 Å². The van der Waals surface area contributed by atoms with Gasteiger partial charge in [-0.25, -0.2) is 8.42 Å². The normalized spacial score (nSPS) is 12.5. The molecule has 0 aliphatic carbocycles. The molecule has 0 N–H and O–H groups in total. The molecule has 0 aliphatic heterocycles. The Morgan fingerprint density at radius 3 is 2.32 bits per heavy atom. The summed E-state index contributed by atoms with van der Waals surface area (Å²) in [5, 5.41) is 3.29. The van der Waals surface area contributed by atoms with E-state index in [0.29, 0.717) is 13.1 Å². The van der Waals surface area contributed by atoms with Crippen LogP contribution in [0.3, 0.4) is 0 Å². The topological polar surface area (TPSA) is 40.6 Å². The van der Waals surface area contributed by atoms with Gasteiger partial charge in [0.05, 0.1) is 0 Å². The molecule has 0 saturated carbocycles. The van der Waals surface area contributed by atoms with E-state index in [1.165, 1.54) is 5.41 Å². The number of hydrogen-bond donors (Lipinski definition) is 0. The molecule has 0 saturated heterocycles. The van der Waals surface area contributed by atoms with Crippen LogP contribution in [0.15, 0.2) is 53.3 Å². The van der Waals surface area contributed by atoms with Crippen LogP contribution in [0, 0.1) is 0 Å². The van der Waals surface area contributed by atoms with Crippen molar-refractivity contribution in [1.29, 1.82) is 0 Å². The molecule has 4 nitrogen and oxygen atoms in total. The summed E-state index contributed by atoms with van der Waals surface area (Å²) in [5.74, 6) is 0. The van der Waals surface area contributed by atoms with Crippen molar-refractivity contribution in [2.45, 2.75) is 20.4 Å². The van der Waals surface area contributed by atoms with E-state index in [1.54, 1.807) is 21.7 Å². The zero-order valence-electron chi connectivity index (χ0n) is 14.8. The lowest BCUT2D eigenvalue weighted by atomic mass is 10.2. The van der Waals surface area contributed by atoms with E-state index in [-0.39, 0.29) is 0 Å². The Balaban J connectivity index is 2.15. The van der Waals surface area contributed by atoms with Gasteiger partial charge in [0.1, 0.15) is 0 Å². The third kappa shape index (κ3) is 6.40. The maximum Gasteiger partial charge on any atom is 0.236 e. The third-order valence-electron chi connectivity index (χ3n) is 4.06. The highest BCUT2D eigenvalue weighted by molar-refractivity contribution is 7.92. The van der Waals surface area contributed by atoms with Crippen molar-refractivity contribution < 1.29 is 8.42 Å². The predicted molar refractivity (Wildman–Crippen MR) is 107 cm³/mol. The van der Waals surface area contributed by atoms with Gasteiger partial charge in [-0.2, -0.15) is 4.31 Å². The average molecular weight is 379 g/mol. The van der Waals surface area contributed by atoms with Crippen molar-refractivity contribution in [3.8, 4) is 0 Å². The standard InChI is InChI=1S/C19H26N2O2S2/c1-3-20(4-2)13-14-21(17-19-11-8-15-24-19)25(22,23)16-12-18-9-6-5-7-10-18/h5-12,15-16H,3-4,13-14,17H2,1-2H3/b16-12+. The lowest BCUT2D eigenvalue weighted by Crippen LogP contribution is -2.37. The summed E-state index contributed by atoms with van der Waals surface area (Å²) >= 11 is 1.58. The maximum absolute atomic E-state index is 12.8. The Hall–Kier alpha value is -1.47. The fraction of sp³-hybridized carbons (Fsp3) is 0.368. The summed E-state index contributed by atoms with van der Waals surface area (Å²) < 4.78 is 27.3. The largest absolute Gasteiger partial charge is 0.303 e. The van der Waals surface area contributed by atoms with Crippen molar-refractivity contribution >= 4 is 27.4 Å². The number of likely N-dealkylation sites (N-methyl/N-ethyl adjacent to an activating group) is 1. The van der Waals surface area contributed by atoms with Crippen LogP contribution in [0.1, 0.15) is 24.3 Å². The summed E-state index contributed by atoms with van der Waals surface area (Å²) in [6.45, 7) is 7.67. The summed E-state index contributed by atoms with van der Waals surface area (Å²) in [5.41, 5.74) is 0.880. The highest BCUT2D eigenvalue weighted by Crippen LogP contribution is 2.16. The second-order valence-electron chi connectivity index (χ2n) is 5.70. The van der Waals surface area contributed by atoms with Crippen LogP contribution in [-0.4, -0.2) is 43.8 Å². The molecule has 136 valence electrons. The molecule has 25 heavy (non-hydrogen) atoms. The molecule has 0 atom stereocenters. The molecule has 0 aliphatic rings. The van der Waals surface area contributed by atoms with Crippen LogP contribution in [-0.2, 0) is 16.6 Å². The minimum Gasteiger partial charge on any atom is -0.303 e. The zero-order chi connectivity index (χ0) is 18.1. The van der Waals surface area contributed by atoms with Crippen molar-refractivity contribution in [3.63, 3.8) is 0 Å². The summed E-state index contributed by atoms with van der Waals surface area (Å²) in [6, 6.07) is 13.4. The molecule has 1 aromatic heterocycles. The van der Waals surface area contributed by atoms with Crippen LogP contribution < -0.4 is 0 Å². The molecule has 0 amide bonds. The van der Waals surface area contributed by atoms with E-state index in [1.807, 2.05) is 47.8 Å². The fourth-order valence-corrected chi connectivity index (χ4v) is 4.44. The highest BCUT2D eigenvalue weighted by atomic mass is 32.2. The SMILES string of the molecule is CCN(CC)CCN(Cc1cccs1)S(=O)(=O)/C=C/c1ccccc1. The fourth-order valence-electron chi connectivity index (χ4n) is 2.48. The van der Waals surface area contributed by atoms with Gasteiger partial charge in [-0.05, 0) is 36.2 Å². The van der Waals surface area contributed by atoms with E-state index >= 15 is 0 Å². The van der Waals surface area contributed by atoms with Crippen LogP contribution in [0.2, 0.25) is 0 Å². The van der Waals surface area contributed by atoms with Crippen molar-refractivity contribution in [2.75, 3.05) is 26.2 Å². The van der Waals surface area contributed by atoms with Gasteiger partial charge in [-0.1, -0.05) is 50.2 Å². The maximum atomic E-state index is 12.8. The first-order chi connectivity index (χ1) is 12.0. The molecule has 0 unspecified atom stereocenters. The van der Waals surface area contributed by atoms with E-state index in [0.717, 1.165) is 30.1 Å². The smallest absolute Gasteiger partial charge is 0.236 e. The minimum atomic E-state index is -3.48. The van der Waals surface area contributed by atoms with Gasteiger partial charge in [-0.3, -0.25) is 0 Å². The number of sulfonamides is 1. The molecule has 0 fully saturated rings.